The van der Waals surface area contributed by atoms with Crippen LogP contribution in [0.25, 0.3) is 0 Å². The lowest BCUT2D eigenvalue weighted by Gasteiger charge is -2.34. The summed E-state index contributed by atoms with van der Waals surface area (Å²) in [6.07, 6.45) is 3.97. The van der Waals surface area contributed by atoms with Crippen LogP contribution in [0.1, 0.15) is 31.2 Å². The maximum Gasteiger partial charge on any atom is 0.256 e. The molecule has 1 aromatic carbocycles. The average Bonchev–Trinajstić information content (AvgIpc) is 3.17. The fourth-order valence-electron chi connectivity index (χ4n) is 3.78. The van der Waals surface area contributed by atoms with Crippen LogP contribution in [-0.4, -0.2) is 62.8 Å². The third-order valence-electron chi connectivity index (χ3n) is 5.51. The van der Waals surface area contributed by atoms with Crippen molar-refractivity contribution in [2.24, 2.45) is 0 Å². The third-order valence-corrected chi connectivity index (χ3v) is 5.51. The summed E-state index contributed by atoms with van der Waals surface area (Å²) in [6, 6.07) is 5.81. The minimum Gasteiger partial charge on any atom is -0.492 e. The first kappa shape index (κ1) is 25.0. The van der Waals surface area contributed by atoms with Crippen LogP contribution in [0.4, 0.5) is 5.69 Å². The number of piperidine rings is 1. The molecule has 2 saturated heterocycles. The first-order valence-electron chi connectivity index (χ1n) is 9.66. The van der Waals surface area contributed by atoms with Gasteiger partial charge in [0.15, 0.2) is 0 Å². The van der Waals surface area contributed by atoms with Gasteiger partial charge in [0.25, 0.3) is 5.91 Å². The number of ether oxygens (including phenoxy) is 2. The smallest absolute Gasteiger partial charge is 0.256 e. The topological polar surface area (TPSA) is 62.8 Å². The molecule has 2 heterocycles. The molecule has 2 aliphatic rings. The quantitative estimate of drug-likeness (QED) is 0.691. The molecule has 2 aliphatic heterocycles. The molecule has 160 valence electrons. The molecular weight excluding hydrogens is 401 g/mol. The molecule has 2 N–H and O–H groups in total. The predicted octanol–water partition coefficient (Wildman–Crippen LogP) is 3.02. The van der Waals surface area contributed by atoms with Gasteiger partial charge in [-0.05, 0) is 82.5 Å². The lowest BCUT2D eigenvalue weighted by molar-refractivity contribution is -0.140. The van der Waals surface area contributed by atoms with E-state index in [1.807, 2.05) is 25.1 Å². The monoisotopic (exact) mass is 433 g/mol. The van der Waals surface area contributed by atoms with E-state index in [1.54, 1.807) is 7.11 Å². The summed E-state index contributed by atoms with van der Waals surface area (Å²) in [5.74, 6) is 0.814. The molecule has 8 heteroatoms. The van der Waals surface area contributed by atoms with Gasteiger partial charge in [-0.25, -0.2) is 0 Å². The number of nitrogens with one attached hydrogen (secondary N) is 2. The summed E-state index contributed by atoms with van der Waals surface area (Å²) in [4.78, 5) is 15.2. The SMILES string of the molecule is COC1(C(=O)Nc2ccc(OCCN3CCCC3)c(C)c2)CCNCC1.Cl.Cl. The normalized spacial score (nSPS) is 18.6. The number of aryl methyl sites for hydroxylation is 1. The number of halogens is 2. The first-order valence-corrected chi connectivity index (χ1v) is 9.66. The van der Waals surface area contributed by atoms with Crippen LogP contribution in [0.2, 0.25) is 0 Å². The van der Waals surface area contributed by atoms with Gasteiger partial charge in [0.05, 0.1) is 0 Å². The molecule has 1 aromatic rings. The zero-order chi connectivity index (χ0) is 18.4. The van der Waals surface area contributed by atoms with Crippen molar-refractivity contribution >= 4 is 36.4 Å². The average molecular weight is 434 g/mol. The Morgan fingerprint density at radius 1 is 1.21 bits per heavy atom. The number of hydrogen-bond acceptors (Lipinski definition) is 5. The van der Waals surface area contributed by atoms with Crippen LogP contribution in [0.15, 0.2) is 18.2 Å². The number of carbonyl (C=O) groups excluding carboxylic acids is 1. The number of benzene rings is 1. The molecule has 6 nitrogen and oxygen atoms in total. The van der Waals surface area contributed by atoms with Crippen molar-refractivity contribution in [3.05, 3.63) is 23.8 Å². The molecular formula is C20H33Cl2N3O3. The molecule has 0 aromatic heterocycles. The number of hydrogen-bond donors (Lipinski definition) is 2. The van der Waals surface area contributed by atoms with Crippen molar-refractivity contribution < 1.29 is 14.3 Å². The van der Waals surface area contributed by atoms with E-state index in [0.29, 0.717) is 19.4 Å². The van der Waals surface area contributed by atoms with E-state index < -0.39 is 5.60 Å². The summed E-state index contributed by atoms with van der Waals surface area (Å²) >= 11 is 0. The summed E-state index contributed by atoms with van der Waals surface area (Å²) in [5, 5.41) is 6.29. The second-order valence-electron chi connectivity index (χ2n) is 7.28. The highest BCUT2D eigenvalue weighted by atomic mass is 35.5. The predicted molar refractivity (Wildman–Crippen MR) is 117 cm³/mol. The van der Waals surface area contributed by atoms with E-state index in [1.165, 1.54) is 25.9 Å². The Labute approximate surface area is 180 Å². The van der Waals surface area contributed by atoms with Crippen molar-refractivity contribution in [3.8, 4) is 5.75 Å². The number of nitrogens with zero attached hydrogens (tertiary/aromatic N) is 1. The van der Waals surface area contributed by atoms with Gasteiger partial charge in [-0.1, -0.05) is 0 Å². The molecule has 0 atom stereocenters. The van der Waals surface area contributed by atoms with Crippen LogP contribution >= 0.6 is 24.8 Å². The van der Waals surface area contributed by atoms with E-state index in [0.717, 1.165) is 36.6 Å². The first-order chi connectivity index (χ1) is 12.6. The Bertz CT molecular complexity index is 619. The highest BCUT2D eigenvalue weighted by molar-refractivity contribution is 5.97. The largest absolute Gasteiger partial charge is 0.492 e. The molecule has 0 aliphatic carbocycles. The Kier molecular flexibility index (Phi) is 10.6. The number of rotatable bonds is 7. The minimum atomic E-state index is -0.732. The number of anilines is 1. The fraction of sp³-hybridized carbons (Fsp3) is 0.650. The zero-order valence-corrected chi connectivity index (χ0v) is 18.4. The van der Waals surface area contributed by atoms with Crippen LogP contribution in [-0.2, 0) is 9.53 Å². The van der Waals surface area contributed by atoms with Crippen LogP contribution in [0.3, 0.4) is 0 Å². The van der Waals surface area contributed by atoms with Gasteiger partial charge in [0, 0.05) is 19.3 Å². The van der Waals surface area contributed by atoms with Gasteiger partial charge in [-0.2, -0.15) is 0 Å². The Morgan fingerprint density at radius 2 is 1.89 bits per heavy atom. The van der Waals surface area contributed by atoms with E-state index in [4.69, 9.17) is 9.47 Å². The molecule has 0 spiro atoms. The highest BCUT2D eigenvalue weighted by Crippen LogP contribution is 2.27. The van der Waals surface area contributed by atoms with Gasteiger partial charge >= 0.3 is 0 Å². The van der Waals surface area contributed by atoms with Crippen LogP contribution in [0, 0.1) is 6.92 Å². The zero-order valence-electron chi connectivity index (χ0n) is 16.8. The Morgan fingerprint density at radius 3 is 2.50 bits per heavy atom. The molecule has 0 unspecified atom stereocenters. The lowest BCUT2D eigenvalue weighted by atomic mass is 9.91. The fourth-order valence-corrected chi connectivity index (χ4v) is 3.78. The van der Waals surface area contributed by atoms with Gasteiger partial charge in [0.1, 0.15) is 18.0 Å². The Balaban J connectivity index is 0.00000196. The Hall–Kier alpha value is -1.05. The van der Waals surface area contributed by atoms with Gasteiger partial charge in [-0.3, -0.25) is 9.69 Å². The van der Waals surface area contributed by atoms with Crippen molar-refractivity contribution in [2.75, 3.05) is 51.8 Å². The van der Waals surface area contributed by atoms with Gasteiger partial charge < -0.3 is 20.1 Å². The molecule has 28 heavy (non-hydrogen) atoms. The molecule has 2 fully saturated rings. The van der Waals surface area contributed by atoms with Crippen molar-refractivity contribution in [2.45, 2.75) is 38.2 Å². The summed E-state index contributed by atoms with van der Waals surface area (Å²) < 4.78 is 11.5. The molecule has 0 radical (unpaired) electrons. The standard InChI is InChI=1S/C20H31N3O3.2ClH/c1-16-15-17(22-19(24)20(25-2)7-9-21-10-8-20)5-6-18(16)26-14-13-23-11-3-4-12-23;;/h5-6,15,21H,3-4,7-14H2,1-2H3,(H,22,24);2*1H. The molecule has 3 rings (SSSR count). The maximum atomic E-state index is 12.7. The summed E-state index contributed by atoms with van der Waals surface area (Å²) in [6.45, 7) is 7.65. The van der Waals surface area contributed by atoms with Crippen molar-refractivity contribution in [1.82, 2.24) is 10.2 Å². The van der Waals surface area contributed by atoms with Crippen molar-refractivity contribution in [3.63, 3.8) is 0 Å². The van der Waals surface area contributed by atoms with Crippen molar-refractivity contribution in [1.29, 1.82) is 0 Å². The number of methoxy groups -OCH3 is 1. The van der Waals surface area contributed by atoms with Gasteiger partial charge in [-0.15, -0.1) is 24.8 Å². The lowest BCUT2D eigenvalue weighted by Crippen LogP contribution is -2.51. The van der Waals surface area contributed by atoms with E-state index >= 15 is 0 Å². The highest BCUT2D eigenvalue weighted by Gasteiger charge is 2.39. The summed E-state index contributed by atoms with van der Waals surface area (Å²) in [7, 11) is 1.62. The number of likely N-dealkylation sites (tertiary alicyclic amines) is 1. The number of carbonyl (C=O) groups is 1. The molecule has 0 bridgehead atoms. The third kappa shape index (κ3) is 6.22. The van der Waals surface area contributed by atoms with Crippen LogP contribution < -0.4 is 15.4 Å². The molecule has 1 amide bonds. The van der Waals surface area contributed by atoms with E-state index in [9.17, 15) is 4.79 Å². The second kappa shape index (κ2) is 11.8. The minimum absolute atomic E-state index is 0. The van der Waals surface area contributed by atoms with Crippen LogP contribution in [0.5, 0.6) is 5.75 Å². The number of amides is 1. The summed E-state index contributed by atoms with van der Waals surface area (Å²) in [5.41, 5.74) is 1.08. The van der Waals surface area contributed by atoms with Gasteiger partial charge in [0.2, 0.25) is 0 Å². The maximum absolute atomic E-state index is 12.7. The van der Waals surface area contributed by atoms with E-state index in [2.05, 4.69) is 15.5 Å². The van der Waals surface area contributed by atoms with E-state index in [-0.39, 0.29) is 30.7 Å². The second-order valence-corrected chi connectivity index (χ2v) is 7.28. The molecule has 0 saturated carbocycles.